The molecule has 0 saturated heterocycles. The summed E-state index contributed by atoms with van der Waals surface area (Å²) in [6.45, 7) is 20.4. The topological polar surface area (TPSA) is 78.1 Å². The molecule has 1 atom stereocenters. The standard InChI is InChI=1S/C54H54N2O4S2/c1-10-11-12-13-14-15-16-27(6)24-56-52(59)35-18-29-31-22-39(54(7,8)9)62-49(31)33-20-36-40-34(50(57)55(51(36)58)23-25(2)3)17-28-30-21-38(26(4)5)61-48(30)32-19-37(53(56)60)41(35)47-43(29)45(33)46(40)42(28)44(32)47/h17-22,25-27H,10-16,23-24H2,1-9H3. The lowest BCUT2D eigenvalue weighted by Crippen LogP contribution is -2.35. The van der Waals surface area contributed by atoms with Crippen LogP contribution in [0.2, 0.25) is 0 Å². The fourth-order valence-electron chi connectivity index (χ4n) is 11.2. The van der Waals surface area contributed by atoms with Crippen molar-refractivity contribution < 1.29 is 0 Å². The minimum Gasteiger partial charge on any atom is -0.274 e. The number of aromatic nitrogens is 2. The Hall–Kier alpha value is -4.92. The van der Waals surface area contributed by atoms with Crippen LogP contribution in [0, 0.1) is 11.8 Å². The van der Waals surface area contributed by atoms with Gasteiger partial charge in [-0.1, -0.05) is 101 Å². The number of thiophene rings is 2. The number of pyridine rings is 2. The Labute approximate surface area is 367 Å². The van der Waals surface area contributed by atoms with E-state index in [1.807, 2.05) is 13.8 Å². The first-order valence-corrected chi connectivity index (χ1v) is 24.6. The molecule has 62 heavy (non-hydrogen) atoms. The summed E-state index contributed by atoms with van der Waals surface area (Å²) in [4.78, 5) is 62.2. The van der Waals surface area contributed by atoms with Gasteiger partial charge in [-0.2, -0.15) is 0 Å². The molecule has 8 heteroatoms. The van der Waals surface area contributed by atoms with Crippen LogP contribution in [0.1, 0.15) is 123 Å². The van der Waals surface area contributed by atoms with Crippen molar-refractivity contribution in [1.29, 1.82) is 0 Å². The van der Waals surface area contributed by atoms with Crippen molar-refractivity contribution in [3.05, 3.63) is 87.6 Å². The zero-order valence-corrected chi connectivity index (χ0v) is 39.0. The molecule has 0 radical (unpaired) electrons. The van der Waals surface area contributed by atoms with E-state index >= 15 is 9.59 Å². The second kappa shape index (κ2) is 13.8. The van der Waals surface area contributed by atoms with E-state index in [2.05, 4.69) is 84.9 Å². The third kappa shape index (κ3) is 5.38. The van der Waals surface area contributed by atoms with Crippen molar-refractivity contribution in [3.63, 3.8) is 0 Å². The maximum Gasteiger partial charge on any atom is 0.261 e. The van der Waals surface area contributed by atoms with Crippen LogP contribution in [0.4, 0.5) is 0 Å². The van der Waals surface area contributed by atoms with E-state index in [9.17, 15) is 9.59 Å². The molecule has 0 saturated carbocycles. The number of hydrogen-bond donors (Lipinski definition) is 0. The molecule has 0 aliphatic carbocycles. The molecule has 0 aliphatic rings. The summed E-state index contributed by atoms with van der Waals surface area (Å²) in [7, 11) is 0. The van der Waals surface area contributed by atoms with E-state index in [0.29, 0.717) is 34.6 Å². The van der Waals surface area contributed by atoms with Gasteiger partial charge >= 0.3 is 0 Å². The van der Waals surface area contributed by atoms with E-state index in [0.717, 1.165) is 97.6 Å². The zero-order chi connectivity index (χ0) is 43.4. The van der Waals surface area contributed by atoms with Gasteiger partial charge in [-0.25, -0.2) is 0 Å². The molecular weight excluding hydrogens is 805 g/mol. The van der Waals surface area contributed by atoms with Crippen molar-refractivity contribution in [2.75, 3.05) is 0 Å². The van der Waals surface area contributed by atoms with Crippen LogP contribution in [0.3, 0.4) is 0 Å². The van der Waals surface area contributed by atoms with Gasteiger partial charge in [0, 0.05) is 108 Å². The predicted octanol–water partition coefficient (Wildman–Crippen LogP) is 14.0. The van der Waals surface area contributed by atoms with Crippen LogP contribution in [0.15, 0.2) is 55.6 Å². The van der Waals surface area contributed by atoms with Gasteiger partial charge in [0.25, 0.3) is 22.2 Å². The molecule has 0 fully saturated rings. The summed E-state index contributed by atoms with van der Waals surface area (Å²) in [6, 6.07) is 12.9. The monoisotopic (exact) mass is 858 g/mol. The van der Waals surface area contributed by atoms with Gasteiger partial charge < -0.3 is 0 Å². The first kappa shape index (κ1) is 39.9. The summed E-state index contributed by atoms with van der Waals surface area (Å²) in [5, 5.41) is 15.9. The van der Waals surface area contributed by atoms with E-state index in [4.69, 9.17) is 0 Å². The highest BCUT2D eigenvalue weighted by atomic mass is 32.1. The van der Waals surface area contributed by atoms with Gasteiger partial charge in [0.2, 0.25) is 0 Å². The van der Waals surface area contributed by atoms with Gasteiger partial charge in [-0.15, -0.1) is 22.7 Å². The van der Waals surface area contributed by atoms with Crippen LogP contribution >= 0.6 is 22.7 Å². The average molecular weight is 859 g/mol. The fraction of sp³-hybridized carbons (Fsp3) is 0.407. The molecule has 7 aromatic carbocycles. The average Bonchev–Trinajstić information content (AvgIpc) is 3.90. The number of hydrogen-bond acceptors (Lipinski definition) is 6. The van der Waals surface area contributed by atoms with E-state index in [1.165, 1.54) is 46.4 Å². The maximum absolute atomic E-state index is 15.1. The van der Waals surface area contributed by atoms with Crippen LogP contribution in [-0.4, -0.2) is 9.13 Å². The number of nitrogens with zero attached hydrogens (tertiary/aromatic N) is 2. The molecule has 6 nitrogen and oxygen atoms in total. The first-order valence-electron chi connectivity index (χ1n) is 23.0. The predicted molar refractivity (Wildman–Crippen MR) is 269 cm³/mol. The quantitative estimate of drug-likeness (QED) is 0.0696. The lowest BCUT2D eigenvalue weighted by molar-refractivity contribution is 0.416. The minimum absolute atomic E-state index is 0.103. The van der Waals surface area contributed by atoms with Crippen molar-refractivity contribution in [1.82, 2.24) is 9.13 Å². The van der Waals surface area contributed by atoms with Gasteiger partial charge in [0.1, 0.15) is 0 Å². The highest BCUT2D eigenvalue weighted by Gasteiger charge is 2.32. The second-order valence-corrected chi connectivity index (χ2v) is 22.7. The van der Waals surface area contributed by atoms with E-state index < -0.39 is 0 Å². The Morgan fingerprint density at radius 2 is 0.935 bits per heavy atom. The molecule has 0 amide bonds. The number of fused-ring (bicyclic) bond motifs is 6. The normalized spacial score (nSPS) is 14.0. The Morgan fingerprint density at radius 3 is 1.44 bits per heavy atom. The van der Waals surface area contributed by atoms with Gasteiger partial charge in [-0.05, 0) is 87.5 Å². The zero-order valence-electron chi connectivity index (χ0n) is 37.4. The summed E-state index contributed by atoms with van der Waals surface area (Å²) in [5.41, 5.74) is -1.07. The van der Waals surface area contributed by atoms with Crippen LogP contribution < -0.4 is 22.2 Å². The number of rotatable bonds is 12. The van der Waals surface area contributed by atoms with Crippen molar-refractivity contribution in [2.45, 2.75) is 132 Å². The molecule has 4 heterocycles. The van der Waals surface area contributed by atoms with Gasteiger partial charge in [0.05, 0.1) is 0 Å². The Morgan fingerprint density at radius 1 is 0.484 bits per heavy atom. The molecule has 1 unspecified atom stereocenters. The highest BCUT2D eigenvalue weighted by molar-refractivity contribution is 7.21. The molecule has 0 aliphatic heterocycles. The van der Waals surface area contributed by atoms with Crippen molar-refractivity contribution in [2.24, 2.45) is 11.8 Å². The minimum atomic E-state index is -0.244. The Balaban J connectivity index is 1.36. The fourth-order valence-corrected chi connectivity index (χ4v) is 13.6. The molecule has 0 spiro atoms. The molecular formula is C54H54N2O4S2. The largest absolute Gasteiger partial charge is 0.274 e. The Kier molecular flexibility index (Phi) is 8.87. The van der Waals surface area contributed by atoms with Crippen molar-refractivity contribution >= 4 is 129 Å². The van der Waals surface area contributed by atoms with E-state index in [-0.39, 0.29) is 45.4 Å². The summed E-state index contributed by atoms with van der Waals surface area (Å²) >= 11 is 3.53. The van der Waals surface area contributed by atoms with E-state index in [1.54, 1.807) is 27.2 Å². The molecule has 316 valence electrons. The van der Waals surface area contributed by atoms with Crippen LogP contribution in [-0.2, 0) is 18.5 Å². The smallest absolute Gasteiger partial charge is 0.261 e. The third-order valence-electron chi connectivity index (χ3n) is 14.2. The van der Waals surface area contributed by atoms with Crippen LogP contribution in [0.5, 0.6) is 0 Å². The maximum atomic E-state index is 15.1. The Bertz CT molecular complexity index is 3840. The molecule has 0 N–H and O–H groups in total. The highest BCUT2D eigenvalue weighted by Crippen LogP contribution is 2.57. The summed E-state index contributed by atoms with van der Waals surface area (Å²) in [5.74, 6) is 0.543. The summed E-state index contributed by atoms with van der Waals surface area (Å²) < 4.78 is 5.19. The molecule has 4 aromatic heterocycles. The SMILES string of the molecule is CCCCCCCCC(C)Cn1c(=O)c2cc3c4cc(C(C)(C)C)sc4c4cc5c(=O)n(CC(C)C)c(=O)c6cc7c8cc(C(C)C)sc8c8cc(c1=O)c2c1c3c4c(c65)c7c81. The van der Waals surface area contributed by atoms with Gasteiger partial charge in [0.15, 0.2) is 0 Å². The molecule has 11 aromatic rings. The number of benzene rings is 7. The molecule has 0 bridgehead atoms. The number of unbranched alkanes of at least 4 members (excludes halogenated alkanes) is 5. The second-order valence-electron chi connectivity index (χ2n) is 20.5. The third-order valence-corrected chi connectivity index (χ3v) is 17.2. The van der Waals surface area contributed by atoms with Gasteiger partial charge in [-0.3, -0.25) is 28.3 Å². The summed E-state index contributed by atoms with van der Waals surface area (Å²) in [6.07, 6.45) is 8.22. The lowest BCUT2D eigenvalue weighted by Gasteiger charge is -2.25. The molecule has 11 rings (SSSR count). The first-order chi connectivity index (χ1) is 29.6. The van der Waals surface area contributed by atoms with Crippen LogP contribution in [0.25, 0.3) is 106 Å². The lowest BCUT2D eigenvalue weighted by atomic mass is 9.78. The van der Waals surface area contributed by atoms with Crippen molar-refractivity contribution in [3.8, 4) is 0 Å².